The Balaban J connectivity index is 1.52. The second-order valence-electron chi connectivity index (χ2n) is 6.41. The smallest absolute Gasteiger partial charge is 0.258 e. The molecule has 0 radical (unpaired) electrons. The minimum absolute atomic E-state index is 0.0602. The quantitative estimate of drug-likeness (QED) is 0.580. The predicted molar refractivity (Wildman–Crippen MR) is 109 cm³/mol. The predicted octanol–water partition coefficient (Wildman–Crippen LogP) is 5.01. The van der Waals surface area contributed by atoms with E-state index in [0.717, 1.165) is 20.9 Å². The fourth-order valence-electron chi connectivity index (χ4n) is 3.19. The molecule has 1 fully saturated rings. The number of fused-ring (bicyclic) bond motifs is 1. The van der Waals surface area contributed by atoms with E-state index in [1.165, 1.54) is 18.2 Å². The molecule has 0 bridgehead atoms. The van der Waals surface area contributed by atoms with Crippen molar-refractivity contribution in [3.8, 4) is 0 Å². The molecule has 1 saturated heterocycles. The van der Waals surface area contributed by atoms with Gasteiger partial charge in [0.1, 0.15) is 5.82 Å². The summed E-state index contributed by atoms with van der Waals surface area (Å²) in [5, 5.41) is 1.72. The molecule has 0 atom stereocenters. The highest BCUT2D eigenvalue weighted by atomic mass is 35.5. The Morgan fingerprint density at radius 2 is 1.85 bits per heavy atom. The van der Waals surface area contributed by atoms with Crippen molar-refractivity contribution < 1.29 is 9.18 Å². The number of carbonyl (C=O) groups excluding carboxylic acids is 1. The van der Waals surface area contributed by atoms with Gasteiger partial charge in [0.05, 0.1) is 25.8 Å². The summed E-state index contributed by atoms with van der Waals surface area (Å²) in [6, 6.07) is 8.12. The molecule has 1 amide bonds. The molecule has 4 rings (SSSR count). The van der Waals surface area contributed by atoms with E-state index in [4.69, 9.17) is 28.2 Å². The van der Waals surface area contributed by atoms with Crippen LogP contribution in [0.2, 0.25) is 10.0 Å². The molecule has 3 aromatic rings. The molecule has 0 saturated carbocycles. The van der Waals surface area contributed by atoms with Gasteiger partial charge < -0.3 is 9.80 Å². The fourth-order valence-corrected chi connectivity index (χ4v) is 4.80. The zero-order valence-corrected chi connectivity index (χ0v) is 16.8. The Morgan fingerprint density at radius 1 is 1.11 bits per heavy atom. The van der Waals surface area contributed by atoms with Gasteiger partial charge in [-0.15, -0.1) is 0 Å². The van der Waals surface area contributed by atoms with Gasteiger partial charge in [-0.05, 0) is 30.7 Å². The molecule has 1 aliphatic heterocycles. The Labute approximate surface area is 170 Å². The van der Waals surface area contributed by atoms with Gasteiger partial charge in [0.15, 0.2) is 5.13 Å². The van der Waals surface area contributed by atoms with Crippen molar-refractivity contribution in [3.05, 3.63) is 57.3 Å². The molecule has 8 heteroatoms. The lowest BCUT2D eigenvalue weighted by Crippen LogP contribution is -2.49. The zero-order chi connectivity index (χ0) is 19.1. The lowest BCUT2D eigenvalue weighted by molar-refractivity contribution is 0.0742. The third-order valence-electron chi connectivity index (χ3n) is 4.70. The molecule has 0 N–H and O–H groups in total. The number of aromatic nitrogens is 1. The van der Waals surface area contributed by atoms with E-state index in [1.54, 1.807) is 16.2 Å². The van der Waals surface area contributed by atoms with E-state index < -0.39 is 5.82 Å². The van der Waals surface area contributed by atoms with Crippen molar-refractivity contribution in [2.75, 3.05) is 31.1 Å². The summed E-state index contributed by atoms with van der Waals surface area (Å²) in [5.74, 6) is -0.966. The summed E-state index contributed by atoms with van der Waals surface area (Å²) in [7, 11) is 0. The minimum Gasteiger partial charge on any atom is -0.345 e. The highest BCUT2D eigenvalue weighted by Gasteiger charge is 2.27. The molecule has 4 nitrogen and oxygen atoms in total. The number of amides is 1. The van der Waals surface area contributed by atoms with Gasteiger partial charge in [0.2, 0.25) is 0 Å². The summed E-state index contributed by atoms with van der Waals surface area (Å²) < 4.78 is 15.0. The Morgan fingerprint density at radius 3 is 2.52 bits per heavy atom. The van der Waals surface area contributed by atoms with Crippen LogP contribution in [0.1, 0.15) is 15.9 Å². The van der Waals surface area contributed by atoms with E-state index in [0.29, 0.717) is 31.2 Å². The van der Waals surface area contributed by atoms with Crippen LogP contribution in [0, 0.1) is 12.7 Å². The molecule has 140 valence electrons. The minimum atomic E-state index is -0.591. The third kappa shape index (κ3) is 3.37. The van der Waals surface area contributed by atoms with Crippen molar-refractivity contribution in [3.63, 3.8) is 0 Å². The first kappa shape index (κ1) is 18.5. The summed E-state index contributed by atoms with van der Waals surface area (Å²) in [6.07, 6.45) is 0. The van der Waals surface area contributed by atoms with Gasteiger partial charge in [0, 0.05) is 26.2 Å². The van der Waals surface area contributed by atoms with Crippen molar-refractivity contribution in [2.24, 2.45) is 0 Å². The van der Waals surface area contributed by atoms with Crippen molar-refractivity contribution in [1.29, 1.82) is 0 Å². The normalized spacial score (nSPS) is 14.8. The van der Waals surface area contributed by atoms with Crippen LogP contribution in [-0.2, 0) is 0 Å². The Bertz CT molecular complexity index is 972. The first-order valence-electron chi connectivity index (χ1n) is 8.49. The standard InChI is InChI=1S/C19H16Cl2FN3OS/c1-11-5-6-13(21)17-16(11)23-19(27-17)25-9-7-24(8-10-25)18(26)15-12(20)3-2-4-14(15)22/h2-6H,7-10H2,1H3. The molecule has 0 spiro atoms. The van der Waals surface area contributed by atoms with E-state index >= 15 is 0 Å². The number of carbonyl (C=O) groups is 1. The second-order valence-corrected chi connectivity index (χ2v) is 8.21. The highest BCUT2D eigenvalue weighted by Crippen LogP contribution is 2.36. The molecule has 1 aliphatic rings. The maximum atomic E-state index is 14.0. The van der Waals surface area contributed by atoms with Crippen LogP contribution in [0.4, 0.5) is 9.52 Å². The van der Waals surface area contributed by atoms with Crippen LogP contribution in [0.3, 0.4) is 0 Å². The summed E-state index contributed by atoms with van der Waals surface area (Å²) in [6.45, 7) is 4.21. The van der Waals surface area contributed by atoms with Crippen LogP contribution in [-0.4, -0.2) is 42.0 Å². The van der Waals surface area contributed by atoms with Crippen molar-refractivity contribution >= 4 is 55.8 Å². The molecular formula is C19H16Cl2FN3OS. The average Bonchev–Trinajstić information content (AvgIpc) is 3.11. The topological polar surface area (TPSA) is 36.4 Å². The number of hydrogen-bond acceptors (Lipinski definition) is 4. The first-order chi connectivity index (χ1) is 13.0. The molecule has 27 heavy (non-hydrogen) atoms. The summed E-state index contributed by atoms with van der Waals surface area (Å²) >= 11 is 13.9. The molecular weight excluding hydrogens is 408 g/mol. The molecule has 1 aromatic heterocycles. The van der Waals surface area contributed by atoms with Gasteiger partial charge in [-0.1, -0.05) is 46.7 Å². The largest absolute Gasteiger partial charge is 0.345 e. The van der Waals surface area contributed by atoms with Gasteiger partial charge >= 0.3 is 0 Å². The first-order valence-corrected chi connectivity index (χ1v) is 10.1. The monoisotopic (exact) mass is 423 g/mol. The van der Waals surface area contributed by atoms with Crippen LogP contribution in [0.25, 0.3) is 10.2 Å². The van der Waals surface area contributed by atoms with Gasteiger partial charge in [0.25, 0.3) is 5.91 Å². The van der Waals surface area contributed by atoms with Crippen molar-refractivity contribution in [1.82, 2.24) is 9.88 Å². The SMILES string of the molecule is Cc1ccc(Cl)c2sc(N3CCN(C(=O)c4c(F)cccc4Cl)CC3)nc12. The summed E-state index contributed by atoms with van der Waals surface area (Å²) in [4.78, 5) is 21.2. The number of benzene rings is 2. The maximum Gasteiger partial charge on any atom is 0.258 e. The van der Waals surface area contributed by atoms with Crippen LogP contribution < -0.4 is 4.90 Å². The number of hydrogen-bond donors (Lipinski definition) is 0. The maximum absolute atomic E-state index is 14.0. The Kier molecular flexibility index (Phi) is 4.97. The highest BCUT2D eigenvalue weighted by molar-refractivity contribution is 7.22. The Hall–Kier alpha value is -1.89. The van der Waals surface area contributed by atoms with E-state index in [9.17, 15) is 9.18 Å². The van der Waals surface area contributed by atoms with Gasteiger partial charge in [-0.3, -0.25) is 4.79 Å². The number of piperazine rings is 1. The molecule has 2 aromatic carbocycles. The third-order valence-corrected chi connectivity index (χ3v) is 6.59. The number of anilines is 1. The summed E-state index contributed by atoms with van der Waals surface area (Å²) in [5.41, 5.74) is 1.94. The molecule has 0 unspecified atom stereocenters. The number of nitrogens with zero attached hydrogens (tertiary/aromatic N) is 3. The lowest BCUT2D eigenvalue weighted by Gasteiger charge is -2.34. The molecule has 2 heterocycles. The molecule has 0 aliphatic carbocycles. The van der Waals surface area contributed by atoms with Crippen LogP contribution in [0.15, 0.2) is 30.3 Å². The number of rotatable bonds is 2. The van der Waals surface area contributed by atoms with Gasteiger partial charge in [-0.2, -0.15) is 0 Å². The second kappa shape index (κ2) is 7.26. The lowest BCUT2D eigenvalue weighted by atomic mass is 10.1. The zero-order valence-electron chi connectivity index (χ0n) is 14.5. The van der Waals surface area contributed by atoms with Gasteiger partial charge in [-0.25, -0.2) is 9.37 Å². The average molecular weight is 424 g/mol. The van der Waals surface area contributed by atoms with Crippen LogP contribution >= 0.6 is 34.5 Å². The van der Waals surface area contributed by atoms with E-state index in [2.05, 4.69) is 4.90 Å². The van der Waals surface area contributed by atoms with E-state index in [1.807, 2.05) is 19.1 Å². The fraction of sp³-hybridized carbons (Fsp3) is 0.263. The number of aryl methyl sites for hydroxylation is 1. The number of halogens is 3. The van der Waals surface area contributed by atoms with Crippen molar-refractivity contribution in [2.45, 2.75) is 6.92 Å². The number of thiazole rings is 1. The van der Waals surface area contributed by atoms with Crippen LogP contribution in [0.5, 0.6) is 0 Å². The van der Waals surface area contributed by atoms with E-state index in [-0.39, 0.29) is 16.5 Å².